The third-order valence-electron chi connectivity index (χ3n) is 12.6. The Morgan fingerprint density at radius 3 is 2.11 bits per heavy atom. The molecule has 3 nitrogen and oxygen atoms in total. The maximum absolute atomic E-state index is 7.03. The van der Waals surface area contributed by atoms with E-state index in [4.69, 9.17) is 14.7 Å². The van der Waals surface area contributed by atoms with Crippen LogP contribution in [0, 0.1) is 5.92 Å². The monoisotopic (exact) mass is 748 g/mol. The Balaban J connectivity index is 1.01. The van der Waals surface area contributed by atoms with E-state index in [2.05, 4.69) is 188 Å². The summed E-state index contributed by atoms with van der Waals surface area (Å²) >= 11 is 1.95. The molecular weight excluding hydrogens is 713 g/mol. The van der Waals surface area contributed by atoms with Crippen LogP contribution in [0.1, 0.15) is 39.7 Å². The highest BCUT2D eigenvalue weighted by Gasteiger charge is 2.56. The Kier molecular flexibility index (Phi) is 7.33. The summed E-state index contributed by atoms with van der Waals surface area (Å²) in [7, 11) is 0. The number of fused-ring (bicyclic) bond motifs is 12. The first-order valence-electron chi connectivity index (χ1n) is 19.8. The largest absolute Gasteiger partial charge is 0.456 e. The van der Waals surface area contributed by atoms with Crippen molar-refractivity contribution in [1.82, 2.24) is 9.97 Å². The molecule has 270 valence electrons. The van der Waals surface area contributed by atoms with Crippen molar-refractivity contribution in [2.45, 2.75) is 27.4 Å². The Bertz CT molecular complexity index is 2910. The molecule has 0 radical (unpaired) electrons. The first kappa shape index (κ1) is 32.7. The van der Waals surface area contributed by atoms with E-state index in [9.17, 15) is 0 Å². The Hall–Kier alpha value is -6.49. The fourth-order valence-electron chi connectivity index (χ4n) is 10.1. The van der Waals surface area contributed by atoms with E-state index in [1.807, 2.05) is 17.8 Å². The van der Waals surface area contributed by atoms with Crippen LogP contribution in [0.25, 0.3) is 45.0 Å². The molecule has 0 saturated carbocycles. The number of benzene rings is 6. The third-order valence-corrected chi connectivity index (χ3v) is 13.9. The first-order valence-corrected chi connectivity index (χ1v) is 20.7. The molecule has 0 N–H and O–H groups in total. The number of ether oxygens (including phenoxy) is 1. The summed E-state index contributed by atoms with van der Waals surface area (Å²) in [6, 6.07) is 52.5. The molecule has 3 heterocycles. The average Bonchev–Trinajstić information content (AvgIpc) is 3.80. The van der Waals surface area contributed by atoms with Gasteiger partial charge in [-0.1, -0.05) is 170 Å². The van der Waals surface area contributed by atoms with Gasteiger partial charge in [-0.15, -0.1) is 11.8 Å². The molecule has 3 aliphatic carbocycles. The molecule has 12 rings (SSSR count). The average molecular weight is 749 g/mol. The minimum Gasteiger partial charge on any atom is -0.456 e. The van der Waals surface area contributed by atoms with E-state index in [0.29, 0.717) is 17.0 Å². The van der Waals surface area contributed by atoms with Crippen LogP contribution in [-0.4, -0.2) is 15.2 Å². The van der Waals surface area contributed by atoms with Crippen molar-refractivity contribution in [2.24, 2.45) is 5.92 Å². The van der Waals surface area contributed by atoms with Gasteiger partial charge >= 0.3 is 0 Å². The fraction of sp³-hybridized carbons (Fsp3) is 0.0943. The van der Waals surface area contributed by atoms with Crippen molar-refractivity contribution in [3.05, 3.63) is 222 Å². The minimum absolute atomic E-state index is 0.215. The number of aromatic nitrogens is 2. The van der Waals surface area contributed by atoms with Crippen molar-refractivity contribution in [2.75, 3.05) is 0 Å². The second-order valence-electron chi connectivity index (χ2n) is 15.5. The third kappa shape index (κ3) is 4.93. The zero-order valence-corrected chi connectivity index (χ0v) is 31.8. The highest BCUT2D eigenvalue weighted by molar-refractivity contribution is 8.00. The molecule has 2 aliphatic heterocycles. The van der Waals surface area contributed by atoms with Gasteiger partial charge in [0, 0.05) is 61.3 Å². The van der Waals surface area contributed by atoms with E-state index < -0.39 is 5.41 Å². The van der Waals surface area contributed by atoms with Crippen molar-refractivity contribution in [3.8, 4) is 56.5 Å². The lowest BCUT2D eigenvalue weighted by molar-refractivity contribution is 0.375. The lowest BCUT2D eigenvalue weighted by atomic mass is 9.61. The smallest absolute Gasteiger partial charge is 0.160 e. The molecule has 1 spiro atoms. The van der Waals surface area contributed by atoms with Crippen LogP contribution in [0.4, 0.5) is 0 Å². The molecule has 0 saturated heterocycles. The van der Waals surface area contributed by atoms with Gasteiger partial charge in [0.15, 0.2) is 5.82 Å². The minimum atomic E-state index is -0.402. The molecular formula is C53H36N2OS. The number of nitrogens with zero attached hydrogens (tertiary/aromatic N) is 2. The Morgan fingerprint density at radius 1 is 0.491 bits per heavy atom. The van der Waals surface area contributed by atoms with E-state index in [0.717, 1.165) is 50.7 Å². The van der Waals surface area contributed by atoms with E-state index >= 15 is 0 Å². The summed E-state index contributed by atoms with van der Waals surface area (Å²) < 4.78 is 7.03. The van der Waals surface area contributed by atoms with Crippen molar-refractivity contribution in [1.29, 1.82) is 0 Å². The van der Waals surface area contributed by atoms with Crippen LogP contribution in [0.15, 0.2) is 199 Å². The number of allylic oxidation sites excluding steroid dienone is 7. The maximum Gasteiger partial charge on any atom is 0.160 e. The topological polar surface area (TPSA) is 35.0 Å². The van der Waals surface area contributed by atoms with Crippen LogP contribution in [-0.2, 0) is 5.41 Å². The summed E-state index contributed by atoms with van der Waals surface area (Å²) in [5.74, 6) is 3.43. The quantitative estimate of drug-likeness (QED) is 0.180. The van der Waals surface area contributed by atoms with E-state index in [1.54, 1.807) is 0 Å². The first-order chi connectivity index (χ1) is 28.2. The highest BCUT2D eigenvalue weighted by Crippen LogP contribution is 2.65. The fourth-order valence-corrected chi connectivity index (χ4v) is 11.5. The second kappa shape index (κ2) is 12.8. The predicted octanol–water partition coefficient (Wildman–Crippen LogP) is 13.1. The van der Waals surface area contributed by atoms with Crippen LogP contribution >= 0.6 is 11.8 Å². The SMILES string of the molecule is C1=CC2Sc3cc(-c4cc(-c5ccccc5)nc(-c5cccc(-c6cccc7c6Oc6ccccc6C76c7ccccc7C7C=CC=CC76)c5)n4)ccc3C2C=C1. The van der Waals surface area contributed by atoms with Gasteiger partial charge in [0.1, 0.15) is 11.5 Å². The van der Waals surface area contributed by atoms with Gasteiger partial charge in [-0.25, -0.2) is 9.97 Å². The molecule has 57 heavy (non-hydrogen) atoms. The molecule has 5 atom stereocenters. The van der Waals surface area contributed by atoms with Crippen molar-refractivity contribution >= 4 is 11.8 Å². The van der Waals surface area contributed by atoms with Gasteiger partial charge in [0.2, 0.25) is 0 Å². The summed E-state index contributed by atoms with van der Waals surface area (Å²) in [5.41, 5.74) is 13.2. The molecule has 5 aliphatic rings. The zero-order valence-electron chi connectivity index (χ0n) is 31.0. The lowest BCUT2D eigenvalue weighted by Gasteiger charge is -2.43. The summed E-state index contributed by atoms with van der Waals surface area (Å²) in [6.07, 6.45) is 18.2. The van der Waals surface area contributed by atoms with E-state index in [1.165, 1.54) is 32.7 Å². The predicted molar refractivity (Wildman–Crippen MR) is 232 cm³/mol. The van der Waals surface area contributed by atoms with Crippen LogP contribution in [0.5, 0.6) is 11.5 Å². The maximum atomic E-state index is 7.03. The summed E-state index contributed by atoms with van der Waals surface area (Å²) in [6.45, 7) is 0. The van der Waals surface area contributed by atoms with Gasteiger partial charge in [-0.3, -0.25) is 0 Å². The molecule has 5 unspecified atom stereocenters. The van der Waals surface area contributed by atoms with Crippen molar-refractivity contribution in [3.63, 3.8) is 0 Å². The van der Waals surface area contributed by atoms with Gasteiger partial charge in [-0.05, 0) is 46.5 Å². The Morgan fingerprint density at radius 2 is 1.19 bits per heavy atom. The number of hydrogen-bond acceptors (Lipinski definition) is 4. The number of para-hydroxylation sites is 2. The zero-order chi connectivity index (χ0) is 37.5. The number of rotatable bonds is 4. The normalized spacial score (nSPS) is 22.6. The van der Waals surface area contributed by atoms with Crippen LogP contribution in [0.2, 0.25) is 0 Å². The van der Waals surface area contributed by atoms with Gasteiger partial charge in [0.05, 0.1) is 16.8 Å². The summed E-state index contributed by atoms with van der Waals surface area (Å²) in [4.78, 5) is 11.9. The Labute approximate surface area is 336 Å². The molecule has 0 bridgehead atoms. The summed E-state index contributed by atoms with van der Waals surface area (Å²) in [5, 5.41) is 0.445. The number of hydrogen-bond donors (Lipinski definition) is 0. The van der Waals surface area contributed by atoms with Gasteiger partial charge in [0.25, 0.3) is 0 Å². The molecule has 0 amide bonds. The molecule has 4 heteroatoms. The lowest BCUT2D eigenvalue weighted by Crippen LogP contribution is -2.37. The second-order valence-corrected chi connectivity index (χ2v) is 16.8. The molecule has 0 fully saturated rings. The van der Waals surface area contributed by atoms with Gasteiger partial charge in [-0.2, -0.15) is 0 Å². The van der Waals surface area contributed by atoms with Crippen molar-refractivity contribution < 1.29 is 4.74 Å². The molecule has 7 aromatic rings. The highest BCUT2D eigenvalue weighted by atomic mass is 32.2. The van der Waals surface area contributed by atoms with Gasteiger partial charge < -0.3 is 4.74 Å². The molecule has 6 aromatic carbocycles. The van der Waals surface area contributed by atoms with Crippen LogP contribution in [0.3, 0.4) is 0 Å². The molecule has 1 aromatic heterocycles. The van der Waals surface area contributed by atoms with E-state index in [-0.39, 0.29) is 11.8 Å². The van der Waals surface area contributed by atoms with Crippen LogP contribution < -0.4 is 4.74 Å². The number of thioether (sulfide) groups is 1. The standard InChI is InChI=1S/C53H36N2OS/c1-2-14-33(15-3-1)46-32-47(35-28-29-41-40-20-6-11-27-49(40)57-50(41)31-35)55-52(54-46)36-17-12-16-34(30-36)37-21-13-25-45-51(37)56-48-26-10-9-24-44(48)53(45)42-22-7-4-18-38(42)39-19-5-8-23-43(39)53/h1-32,38,40,42,49H.